The summed E-state index contributed by atoms with van der Waals surface area (Å²) in [6, 6.07) is 3.48. The fourth-order valence-corrected chi connectivity index (χ4v) is 1.09. The van der Waals surface area contributed by atoms with Gasteiger partial charge in [-0.3, -0.25) is 4.79 Å². The summed E-state index contributed by atoms with van der Waals surface area (Å²) < 4.78 is 0. The molecule has 0 spiro atoms. The maximum atomic E-state index is 11.8. The van der Waals surface area contributed by atoms with Crippen LogP contribution in [0.5, 0.6) is 0 Å². The van der Waals surface area contributed by atoms with Gasteiger partial charge in [0, 0.05) is 11.5 Å². The highest BCUT2D eigenvalue weighted by Crippen LogP contribution is 2.19. The van der Waals surface area contributed by atoms with Crippen LogP contribution < -0.4 is 16.3 Å². The lowest BCUT2D eigenvalue weighted by atomic mass is 9.87. The Morgan fingerprint density at radius 3 is 2.43 bits per heavy atom. The number of nitrogen functional groups attached to an aromatic ring is 1. The highest BCUT2D eigenvalue weighted by atomic mass is 16.1. The SMILES string of the molecule is CC(C)(C)C(=O)c1ccc(NN)[nH+]c1. The lowest BCUT2D eigenvalue weighted by molar-refractivity contribution is -0.361. The smallest absolute Gasteiger partial charge is 0.290 e. The van der Waals surface area contributed by atoms with E-state index in [1.165, 1.54) is 0 Å². The normalized spacial score (nSPS) is 11.1. The first-order valence-corrected chi connectivity index (χ1v) is 4.48. The van der Waals surface area contributed by atoms with Crippen molar-refractivity contribution in [3.8, 4) is 0 Å². The van der Waals surface area contributed by atoms with Crippen molar-refractivity contribution in [1.29, 1.82) is 0 Å². The molecule has 76 valence electrons. The molecule has 0 aromatic carbocycles. The van der Waals surface area contributed by atoms with Crippen molar-refractivity contribution >= 4 is 11.6 Å². The van der Waals surface area contributed by atoms with Gasteiger partial charge in [0.25, 0.3) is 5.82 Å². The monoisotopic (exact) mass is 194 g/mol. The van der Waals surface area contributed by atoms with Crippen molar-refractivity contribution in [3.63, 3.8) is 0 Å². The molecule has 0 fully saturated rings. The molecule has 0 aliphatic rings. The van der Waals surface area contributed by atoms with Gasteiger partial charge in [0.05, 0.1) is 11.8 Å². The number of hydrogen-bond acceptors (Lipinski definition) is 3. The predicted molar refractivity (Wildman–Crippen MR) is 54.6 cm³/mol. The Morgan fingerprint density at radius 1 is 1.43 bits per heavy atom. The lowest BCUT2D eigenvalue weighted by Crippen LogP contribution is -2.24. The summed E-state index contributed by atoms with van der Waals surface area (Å²) in [5.41, 5.74) is 2.77. The van der Waals surface area contributed by atoms with Crippen LogP contribution in [-0.4, -0.2) is 5.78 Å². The number of pyridine rings is 1. The van der Waals surface area contributed by atoms with E-state index in [0.29, 0.717) is 11.4 Å². The minimum atomic E-state index is -0.356. The average molecular weight is 194 g/mol. The fraction of sp³-hybridized carbons (Fsp3) is 0.400. The van der Waals surface area contributed by atoms with Gasteiger partial charge in [-0.25, -0.2) is 4.98 Å². The molecule has 0 aliphatic carbocycles. The van der Waals surface area contributed by atoms with Crippen molar-refractivity contribution in [3.05, 3.63) is 23.9 Å². The van der Waals surface area contributed by atoms with Gasteiger partial charge >= 0.3 is 0 Å². The first kappa shape index (κ1) is 10.7. The molecule has 0 amide bonds. The number of aromatic amines is 1. The first-order chi connectivity index (χ1) is 6.45. The van der Waals surface area contributed by atoms with E-state index < -0.39 is 0 Å². The second-order valence-corrected chi connectivity index (χ2v) is 4.21. The molecule has 4 heteroatoms. The third-order valence-corrected chi connectivity index (χ3v) is 1.91. The average Bonchev–Trinajstić information content (AvgIpc) is 2.15. The summed E-state index contributed by atoms with van der Waals surface area (Å²) in [6.07, 6.45) is 1.66. The van der Waals surface area contributed by atoms with Gasteiger partial charge in [0.2, 0.25) is 0 Å². The summed E-state index contributed by atoms with van der Waals surface area (Å²) >= 11 is 0. The molecule has 4 N–H and O–H groups in total. The van der Waals surface area contributed by atoms with E-state index in [2.05, 4.69) is 10.4 Å². The Kier molecular flexibility index (Phi) is 2.86. The molecule has 0 aliphatic heterocycles. The third-order valence-electron chi connectivity index (χ3n) is 1.91. The van der Waals surface area contributed by atoms with Crippen molar-refractivity contribution in [2.45, 2.75) is 20.8 Å². The number of carbonyl (C=O) groups is 1. The van der Waals surface area contributed by atoms with E-state index in [1.807, 2.05) is 20.8 Å². The summed E-state index contributed by atoms with van der Waals surface area (Å²) in [5.74, 6) is 5.98. The molecule has 0 atom stereocenters. The Balaban J connectivity index is 2.93. The molecule has 1 aromatic heterocycles. The highest BCUT2D eigenvalue weighted by molar-refractivity contribution is 5.99. The van der Waals surface area contributed by atoms with E-state index in [0.717, 1.165) is 0 Å². The molecule has 1 heterocycles. The highest BCUT2D eigenvalue weighted by Gasteiger charge is 2.23. The quantitative estimate of drug-likeness (QED) is 0.419. The molecule has 0 unspecified atom stereocenters. The summed E-state index contributed by atoms with van der Waals surface area (Å²) in [6.45, 7) is 5.68. The van der Waals surface area contributed by atoms with Crippen LogP contribution >= 0.6 is 0 Å². The zero-order valence-electron chi connectivity index (χ0n) is 8.72. The van der Waals surface area contributed by atoms with Gasteiger partial charge in [-0.05, 0) is 6.07 Å². The molecule has 14 heavy (non-hydrogen) atoms. The van der Waals surface area contributed by atoms with Crippen LogP contribution in [0.4, 0.5) is 5.82 Å². The Morgan fingerprint density at radius 2 is 2.07 bits per heavy atom. The number of hydrazine groups is 1. The standard InChI is InChI=1S/C10H15N3O/c1-10(2,3)9(14)7-4-5-8(13-11)12-6-7/h4-6H,11H2,1-3H3,(H,12,13)/p+1. The van der Waals surface area contributed by atoms with Crippen LogP contribution in [0.15, 0.2) is 18.3 Å². The topological polar surface area (TPSA) is 69.3 Å². The maximum Gasteiger partial charge on any atom is 0.290 e. The van der Waals surface area contributed by atoms with Crippen LogP contribution in [-0.2, 0) is 0 Å². The van der Waals surface area contributed by atoms with Crippen LogP contribution in [0.1, 0.15) is 31.1 Å². The van der Waals surface area contributed by atoms with Gasteiger partial charge in [0.15, 0.2) is 5.78 Å². The molecule has 1 aromatic rings. The second-order valence-electron chi connectivity index (χ2n) is 4.21. The van der Waals surface area contributed by atoms with Gasteiger partial charge < -0.3 is 0 Å². The predicted octanol–water partition coefficient (Wildman–Crippen LogP) is 1.02. The number of nitrogens with one attached hydrogen (secondary N) is 2. The Hall–Kier alpha value is -1.42. The zero-order chi connectivity index (χ0) is 10.8. The minimum absolute atomic E-state index is 0.109. The van der Waals surface area contributed by atoms with Crippen LogP contribution in [0.3, 0.4) is 0 Å². The number of Topliss-reactive ketones (excluding diaryl/α,β-unsaturated/α-hetero) is 1. The number of anilines is 1. The molecule has 0 saturated heterocycles. The van der Waals surface area contributed by atoms with E-state index in [9.17, 15) is 4.79 Å². The summed E-state index contributed by atoms with van der Waals surface area (Å²) in [7, 11) is 0. The van der Waals surface area contributed by atoms with E-state index >= 15 is 0 Å². The van der Waals surface area contributed by atoms with Crippen LogP contribution in [0.2, 0.25) is 0 Å². The van der Waals surface area contributed by atoms with Crippen LogP contribution in [0.25, 0.3) is 0 Å². The number of H-pyrrole nitrogens is 1. The number of nitrogens with two attached hydrogens (primary N) is 1. The van der Waals surface area contributed by atoms with Gasteiger partial charge in [-0.1, -0.05) is 20.8 Å². The van der Waals surface area contributed by atoms with Gasteiger partial charge in [-0.15, -0.1) is 0 Å². The summed E-state index contributed by atoms with van der Waals surface area (Å²) in [5, 5.41) is 0. The van der Waals surface area contributed by atoms with Gasteiger partial charge in [0.1, 0.15) is 0 Å². The van der Waals surface area contributed by atoms with Crippen molar-refractivity contribution in [2.24, 2.45) is 11.3 Å². The third kappa shape index (κ3) is 2.29. The zero-order valence-corrected chi connectivity index (χ0v) is 8.72. The van der Waals surface area contributed by atoms with Crippen molar-refractivity contribution in [1.82, 2.24) is 0 Å². The van der Waals surface area contributed by atoms with E-state index in [4.69, 9.17) is 5.84 Å². The minimum Gasteiger partial charge on any atom is -0.293 e. The molecular weight excluding hydrogens is 178 g/mol. The lowest BCUT2D eigenvalue weighted by Gasteiger charge is -2.15. The van der Waals surface area contributed by atoms with Crippen molar-refractivity contribution in [2.75, 3.05) is 5.43 Å². The number of rotatable bonds is 2. The molecular formula is C10H16N3O+. The Labute approximate surface area is 83.5 Å². The maximum absolute atomic E-state index is 11.8. The molecule has 0 saturated carbocycles. The molecule has 0 radical (unpaired) electrons. The van der Waals surface area contributed by atoms with E-state index in [-0.39, 0.29) is 11.2 Å². The number of aromatic nitrogens is 1. The van der Waals surface area contributed by atoms with Crippen LogP contribution in [0, 0.1) is 5.41 Å². The molecule has 4 nitrogen and oxygen atoms in total. The summed E-state index contributed by atoms with van der Waals surface area (Å²) in [4.78, 5) is 14.7. The number of ketones is 1. The second kappa shape index (κ2) is 3.75. The van der Waals surface area contributed by atoms with Crippen molar-refractivity contribution < 1.29 is 9.78 Å². The number of hydrogen-bond donors (Lipinski definition) is 2. The van der Waals surface area contributed by atoms with Gasteiger partial charge in [-0.2, -0.15) is 11.3 Å². The Bertz CT molecular complexity index is 324. The molecule has 1 rings (SSSR count). The largest absolute Gasteiger partial charge is 0.293 e. The number of carbonyl (C=O) groups excluding carboxylic acids is 1. The fourth-order valence-electron chi connectivity index (χ4n) is 1.09. The first-order valence-electron chi connectivity index (χ1n) is 4.48. The van der Waals surface area contributed by atoms with E-state index in [1.54, 1.807) is 18.3 Å². The molecule has 0 bridgehead atoms.